The second kappa shape index (κ2) is 8.72. The molecule has 2 unspecified atom stereocenters. The molecule has 2 aromatic rings. The first-order chi connectivity index (χ1) is 14.2. The topological polar surface area (TPSA) is 60.9 Å². The first kappa shape index (κ1) is 19.6. The van der Waals surface area contributed by atoms with Crippen molar-refractivity contribution in [3.8, 4) is 17.2 Å². The summed E-state index contributed by atoms with van der Waals surface area (Å²) >= 11 is 0. The van der Waals surface area contributed by atoms with E-state index in [1.165, 1.54) is 0 Å². The van der Waals surface area contributed by atoms with E-state index in [0.717, 1.165) is 48.5 Å². The lowest BCUT2D eigenvalue weighted by molar-refractivity contribution is -0.137. The van der Waals surface area contributed by atoms with Crippen molar-refractivity contribution < 1.29 is 19.0 Å². The van der Waals surface area contributed by atoms with Gasteiger partial charge in [-0.2, -0.15) is 0 Å². The largest absolute Gasteiger partial charge is 0.497 e. The summed E-state index contributed by atoms with van der Waals surface area (Å²) in [6.07, 6.45) is 8.72. The van der Waals surface area contributed by atoms with Gasteiger partial charge >= 0.3 is 0 Å². The Kier molecular flexibility index (Phi) is 5.88. The van der Waals surface area contributed by atoms with Gasteiger partial charge in [-0.05, 0) is 43.0 Å². The predicted molar refractivity (Wildman–Crippen MR) is 109 cm³/mol. The van der Waals surface area contributed by atoms with Crippen molar-refractivity contribution in [3.63, 3.8) is 0 Å². The first-order valence-corrected chi connectivity index (χ1v) is 10.3. The van der Waals surface area contributed by atoms with Crippen molar-refractivity contribution in [2.24, 2.45) is 0 Å². The molecule has 6 heteroatoms. The van der Waals surface area contributed by atoms with Crippen molar-refractivity contribution >= 4 is 5.91 Å². The highest BCUT2D eigenvalue weighted by molar-refractivity contribution is 5.78. The molecular weight excluding hydrogens is 368 g/mol. The third-order valence-corrected chi connectivity index (χ3v) is 6.02. The first-order valence-electron chi connectivity index (χ1n) is 10.3. The van der Waals surface area contributed by atoms with Gasteiger partial charge in [0.1, 0.15) is 23.4 Å². The number of carbonyl (C=O) groups excluding carboxylic acids is 1. The molecule has 2 bridgehead atoms. The minimum atomic E-state index is 0.155. The Morgan fingerprint density at radius 3 is 2.55 bits per heavy atom. The molecule has 2 fully saturated rings. The molecule has 2 saturated heterocycles. The van der Waals surface area contributed by atoms with Crippen molar-refractivity contribution in [1.82, 2.24) is 9.88 Å². The molecule has 0 radical (unpaired) electrons. The quantitative estimate of drug-likeness (QED) is 0.715. The molecule has 1 aromatic carbocycles. The van der Waals surface area contributed by atoms with Gasteiger partial charge in [0.15, 0.2) is 0 Å². The van der Waals surface area contributed by atoms with Crippen LogP contribution in [-0.4, -0.2) is 48.2 Å². The maximum Gasteiger partial charge on any atom is 0.223 e. The number of carbonyl (C=O) groups is 1. The van der Waals surface area contributed by atoms with Crippen LogP contribution in [0.1, 0.15) is 37.7 Å². The fourth-order valence-electron chi connectivity index (χ4n) is 4.67. The molecule has 2 atom stereocenters. The van der Waals surface area contributed by atoms with E-state index in [9.17, 15) is 4.79 Å². The molecule has 0 saturated carbocycles. The van der Waals surface area contributed by atoms with E-state index in [0.29, 0.717) is 12.8 Å². The van der Waals surface area contributed by atoms with Crippen LogP contribution in [0.3, 0.4) is 0 Å². The van der Waals surface area contributed by atoms with Crippen LogP contribution in [0.25, 0.3) is 0 Å². The molecule has 3 heterocycles. The van der Waals surface area contributed by atoms with Crippen LogP contribution in [0.15, 0.2) is 42.7 Å². The Hall–Kier alpha value is -2.76. The lowest BCUT2D eigenvalue weighted by Gasteiger charge is -2.39. The van der Waals surface area contributed by atoms with Crippen LogP contribution in [-0.2, 0) is 11.2 Å². The maximum atomic E-state index is 13.0. The number of hydrogen-bond acceptors (Lipinski definition) is 5. The average molecular weight is 396 g/mol. The third kappa shape index (κ3) is 4.31. The zero-order valence-electron chi connectivity index (χ0n) is 17.0. The van der Waals surface area contributed by atoms with E-state index in [4.69, 9.17) is 14.2 Å². The summed E-state index contributed by atoms with van der Waals surface area (Å²) in [5.41, 5.74) is 1.03. The molecule has 2 aliphatic rings. The lowest BCUT2D eigenvalue weighted by atomic mass is 9.98. The number of aromatic nitrogens is 1. The minimum Gasteiger partial charge on any atom is -0.497 e. The minimum absolute atomic E-state index is 0.155. The maximum absolute atomic E-state index is 13.0. The fourth-order valence-corrected chi connectivity index (χ4v) is 4.67. The Bertz CT molecular complexity index is 828. The Labute approximate surface area is 171 Å². The number of nitrogens with zero attached hydrogens (tertiary/aromatic N) is 2. The summed E-state index contributed by atoms with van der Waals surface area (Å²) in [5, 5.41) is 0. The Morgan fingerprint density at radius 2 is 1.90 bits per heavy atom. The smallest absolute Gasteiger partial charge is 0.223 e. The van der Waals surface area contributed by atoms with Crippen LogP contribution >= 0.6 is 0 Å². The van der Waals surface area contributed by atoms with Crippen LogP contribution in [0.4, 0.5) is 0 Å². The second-order valence-corrected chi connectivity index (χ2v) is 7.76. The number of methoxy groups -OCH3 is 2. The third-order valence-electron chi connectivity index (χ3n) is 6.02. The molecule has 1 amide bonds. The van der Waals surface area contributed by atoms with Gasteiger partial charge < -0.3 is 19.1 Å². The molecule has 1 aromatic heterocycles. The molecule has 29 heavy (non-hydrogen) atoms. The van der Waals surface area contributed by atoms with E-state index in [-0.39, 0.29) is 24.1 Å². The molecule has 2 aliphatic heterocycles. The van der Waals surface area contributed by atoms with Crippen LogP contribution in [0.5, 0.6) is 17.2 Å². The molecule has 4 rings (SSSR count). The molecule has 6 nitrogen and oxygen atoms in total. The van der Waals surface area contributed by atoms with Gasteiger partial charge in [-0.3, -0.25) is 9.78 Å². The summed E-state index contributed by atoms with van der Waals surface area (Å²) in [5.74, 6) is 2.56. The highest BCUT2D eigenvalue weighted by Crippen LogP contribution is 2.38. The number of amides is 1. The van der Waals surface area contributed by atoms with Gasteiger partial charge in [-0.1, -0.05) is 6.07 Å². The number of pyridine rings is 1. The number of ether oxygens (including phenoxy) is 3. The van der Waals surface area contributed by atoms with E-state index in [2.05, 4.69) is 9.88 Å². The molecule has 0 aliphatic carbocycles. The van der Waals surface area contributed by atoms with Crippen molar-refractivity contribution in [2.75, 3.05) is 14.2 Å². The Morgan fingerprint density at radius 1 is 1.10 bits per heavy atom. The fraction of sp³-hybridized carbons (Fsp3) is 0.478. The van der Waals surface area contributed by atoms with E-state index in [1.807, 2.05) is 30.3 Å². The van der Waals surface area contributed by atoms with E-state index >= 15 is 0 Å². The molecule has 0 N–H and O–H groups in total. The van der Waals surface area contributed by atoms with Gasteiger partial charge in [-0.15, -0.1) is 0 Å². The van der Waals surface area contributed by atoms with Gasteiger partial charge in [-0.25, -0.2) is 0 Å². The van der Waals surface area contributed by atoms with Crippen molar-refractivity contribution in [3.05, 3.63) is 48.3 Å². The van der Waals surface area contributed by atoms with Gasteiger partial charge in [0.2, 0.25) is 5.91 Å². The number of benzene rings is 1. The van der Waals surface area contributed by atoms with Crippen LogP contribution in [0.2, 0.25) is 0 Å². The molecular formula is C23H28N2O4. The van der Waals surface area contributed by atoms with Gasteiger partial charge in [0, 0.05) is 43.6 Å². The summed E-state index contributed by atoms with van der Waals surface area (Å²) in [4.78, 5) is 19.3. The molecule has 154 valence electrons. The van der Waals surface area contributed by atoms with Crippen molar-refractivity contribution in [2.45, 2.75) is 56.7 Å². The number of hydrogen-bond donors (Lipinski definition) is 0. The van der Waals surface area contributed by atoms with E-state index < -0.39 is 0 Å². The zero-order chi connectivity index (χ0) is 20.2. The van der Waals surface area contributed by atoms with Gasteiger partial charge in [0.25, 0.3) is 0 Å². The van der Waals surface area contributed by atoms with Crippen LogP contribution < -0.4 is 14.2 Å². The van der Waals surface area contributed by atoms with Gasteiger partial charge in [0.05, 0.1) is 20.4 Å². The van der Waals surface area contributed by atoms with E-state index in [1.54, 1.807) is 26.6 Å². The summed E-state index contributed by atoms with van der Waals surface area (Å²) in [6, 6.07) is 10.1. The summed E-state index contributed by atoms with van der Waals surface area (Å²) < 4.78 is 16.8. The lowest BCUT2D eigenvalue weighted by Crippen LogP contribution is -2.49. The Balaban J connectivity index is 1.36. The molecule has 0 spiro atoms. The zero-order valence-corrected chi connectivity index (χ0v) is 17.0. The monoisotopic (exact) mass is 396 g/mol. The average Bonchev–Trinajstić information content (AvgIpc) is 3.03. The SMILES string of the molecule is COc1ccc(CCC(=O)N2C3CCC2CC(Oc2cccnc2)C3)c(OC)c1. The summed E-state index contributed by atoms with van der Waals surface area (Å²) in [6.45, 7) is 0. The highest BCUT2D eigenvalue weighted by Gasteiger charge is 2.43. The number of aryl methyl sites for hydroxylation is 1. The number of fused-ring (bicyclic) bond motifs is 2. The second-order valence-electron chi connectivity index (χ2n) is 7.76. The van der Waals surface area contributed by atoms with Crippen molar-refractivity contribution in [1.29, 1.82) is 0 Å². The summed E-state index contributed by atoms with van der Waals surface area (Å²) in [7, 11) is 3.28. The normalized spacial score (nSPS) is 23.0. The number of piperidine rings is 1. The number of rotatable bonds is 7. The van der Waals surface area contributed by atoms with Crippen LogP contribution in [0, 0.1) is 0 Å². The highest BCUT2D eigenvalue weighted by atomic mass is 16.5. The predicted octanol–water partition coefficient (Wildman–Crippen LogP) is 3.63. The standard InChI is InChI=1S/C23H28N2O4/c1-27-19-9-5-16(22(14-19)28-2)6-10-23(26)25-17-7-8-18(25)13-21(12-17)29-20-4-3-11-24-15-20/h3-5,9,11,14-15,17-18,21H,6-8,10,12-13H2,1-2H3.